The van der Waals surface area contributed by atoms with E-state index in [4.69, 9.17) is 9.35 Å². The van der Waals surface area contributed by atoms with Gasteiger partial charge in [0.05, 0.1) is 0 Å². The molecule has 0 fully saturated rings. The van der Waals surface area contributed by atoms with Gasteiger partial charge < -0.3 is 4.79 Å². The van der Waals surface area contributed by atoms with Crippen LogP contribution >= 0.6 is 11.3 Å². The average Bonchev–Trinajstić information content (AvgIpc) is 2.36. The molecule has 68 valence electrons. The summed E-state index contributed by atoms with van der Waals surface area (Å²) < 4.78 is 28.9. The molecule has 0 spiro atoms. The van der Waals surface area contributed by atoms with Crippen molar-refractivity contribution in [1.82, 2.24) is 0 Å². The lowest BCUT2D eigenvalue weighted by Crippen LogP contribution is -1.94. The number of carbonyl (C=O) groups excluding carboxylic acids is 1. The lowest BCUT2D eigenvalue weighted by atomic mass is 10.7. The zero-order chi connectivity index (χ0) is 9.61. The van der Waals surface area contributed by atoms with Crippen LogP contribution in [0.15, 0.2) is 21.7 Å². The molecule has 0 aliphatic carbocycles. The van der Waals surface area contributed by atoms with Crippen LogP contribution in [0.3, 0.4) is 0 Å². The Bertz CT molecular complexity index is 311. The van der Waals surface area contributed by atoms with Gasteiger partial charge in [0.1, 0.15) is 11.2 Å². The fourth-order valence-electron chi connectivity index (χ4n) is 0.399. The highest BCUT2D eigenvalue weighted by atomic mass is 32.2. The standard InChI is InChI=1S/C4H4O3S2.C2H4O/c5-9(6,7)4-1-2-8-3-4;1-2-3/h1-3H,(H,5,6,7);2H,1H3. The normalized spacial score (nSPS) is 9.83. The van der Waals surface area contributed by atoms with Crippen LogP contribution in [-0.4, -0.2) is 19.3 Å². The maximum Gasteiger partial charge on any atom is 0.295 e. The van der Waals surface area contributed by atoms with E-state index in [0.29, 0.717) is 0 Å². The zero-order valence-corrected chi connectivity index (χ0v) is 7.93. The summed E-state index contributed by atoms with van der Waals surface area (Å²) in [5.41, 5.74) is 0. The van der Waals surface area contributed by atoms with E-state index in [1.165, 1.54) is 29.7 Å². The number of thiophene rings is 1. The molecule has 0 saturated heterocycles. The highest BCUT2D eigenvalue weighted by Crippen LogP contribution is 2.11. The highest BCUT2D eigenvalue weighted by Gasteiger charge is 2.07. The van der Waals surface area contributed by atoms with Crippen LogP contribution in [0.5, 0.6) is 0 Å². The van der Waals surface area contributed by atoms with E-state index in [-0.39, 0.29) is 4.90 Å². The lowest BCUT2D eigenvalue weighted by Gasteiger charge is -1.85. The van der Waals surface area contributed by atoms with Crippen molar-refractivity contribution in [3.63, 3.8) is 0 Å². The number of hydrogen-bond donors (Lipinski definition) is 1. The molecule has 0 atom stereocenters. The van der Waals surface area contributed by atoms with Crippen LogP contribution in [-0.2, 0) is 14.9 Å². The Morgan fingerprint density at radius 1 is 1.58 bits per heavy atom. The van der Waals surface area contributed by atoms with Crippen molar-refractivity contribution in [3.8, 4) is 0 Å². The molecule has 12 heavy (non-hydrogen) atoms. The Hall–Kier alpha value is -0.720. The lowest BCUT2D eigenvalue weighted by molar-refractivity contribution is -0.106. The van der Waals surface area contributed by atoms with Crippen LogP contribution < -0.4 is 0 Å². The molecule has 0 aliphatic rings. The summed E-state index contributed by atoms with van der Waals surface area (Å²) >= 11 is 1.23. The number of aldehydes is 1. The van der Waals surface area contributed by atoms with Crippen LogP contribution in [0.1, 0.15) is 6.92 Å². The third-order valence-electron chi connectivity index (χ3n) is 0.793. The molecule has 1 N–H and O–H groups in total. The van der Waals surface area contributed by atoms with E-state index in [9.17, 15) is 8.42 Å². The molecule has 6 heteroatoms. The zero-order valence-electron chi connectivity index (χ0n) is 6.30. The van der Waals surface area contributed by atoms with Crippen molar-refractivity contribution < 1.29 is 17.8 Å². The van der Waals surface area contributed by atoms with Gasteiger partial charge in [-0.2, -0.15) is 19.8 Å². The average molecular weight is 208 g/mol. The molecule has 0 unspecified atom stereocenters. The van der Waals surface area contributed by atoms with E-state index in [0.717, 1.165) is 6.29 Å². The second kappa shape index (κ2) is 5.02. The molecule has 1 aromatic heterocycles. The minimum atomic E-state index is -3.95. The number of carbonyl (C=O) groups is 1. The van der Waals surface area contributed by atoms with Crippen LogP contribution in [0.2, 0.25) is 0 Å². The van der Waals surface area contributed by atoms with Gasteiger partial charge in [0.2, 0.25) is 0 Å². The molecule has 0 aromatic carbocycles. The molecule has 0 radical (unpaired) electrons. The van der Waals surface area contributed by atoms with Gasteiger partial charge in [-0.15, -0.1) is 0 Å². The van der Waals surface area contributed by atoms with Gasteiger partial charge in [0.25, 0.3) is 10.1 Å². The Labute approximate surface area is 74.6 Å². The van der Waals surface area contributed by atoms with Crippen molar-refractivity contribution in [2.75, 3.05) is 0 Å². The summed E-state index contributed by atoms with van der Waals surface area (Å²) in [6, 6.07) is 1.35. The Kier molecular flexibility index (Phi) is 4.72. The molecule has 1 rings (SSSR count). The second-order valence-electron chi connectivity index (χ2n) is 1.67. The molecule has 0 amide bonds. The van der Waals surface area contributed by atoms with Crippen molar-refractivity contribution in [3.05, 3.63) is 16.8 Å². The third kappa shape index (κ3) is 4.22. The first-order valence-corrected chi connectivity index (χ1v) is 5.30. The summed E-state index contributed by atoms with van der Waals surface area (Å²) in [4.78, 5) is 8.77. The molecule has 0 aliphatic heterocycles. The molecule has 0 saturated carbocycles. The Morgan fingerprint density at radius 3 is 2.25 bits per heavy atom. The van der Waals surface area contributed by atoms with Crippen molar-refractivity contribution in [2.45, 2.75) is 11.8 Å². The molecular weight excluding hydrogens is 200 g/mol. The summed E-state index contributed by atoms with van der Waals surface area (Å²) in [5, 5.41) is 2.96. The topological polar surface area (TPSA) is 71.4 Å². The first kappa shape index (κ1) is 11.3. The van der Waals surface area contributed by atoms with Crippen LogP contribution in [0.25, 0.3) is 0 Å². The third-order valence-corrected chi connectivity index (χ3v) is 2.48. The minimum absolute atomic E-state index is 0.0347. The quantitative estimate of drug-likeness (QED) is 0.556. The van der Waals surface area contributed by atoms with Gasteiger partial charge in [0.15, 0.2) is 0 Å². The Morgan fingerprint density at radius 2 is 2.08 bits per heavy atom. The van der Waals surface area contributed by atoms with Gasteiger partial charge >= 0.3 is 0 Å². The molecule has 4 nitrogen and oxygen atoms in total. The van der Waals surface area contributed by atoms with E-state index in [2.05, 4.69) is 0 Å². The maximum atomic E-state index is 10.3. The maximum absolute atomic E-state index is 10.3. The number of hydrogen-bond acceptors (Lipinski definition) is 4. The summed E-state index contributed by atoms with van der Waals surface area (Å²) in [6.45, 7) is 1.44. The summed E-state index contributed by atoms with van der Waals surface area (Å²) in [5.74, 6) is 0. The fourth-order valence-corrected chi connectivity index (χ4v) is 1.89. The van der Waals surface area contributed by atoms with Gasteiger partial charge in [0, 0.05) is 5.38 Å². The first-order valence-electron chi connectivity index (χ1n) is 2.92. The number of rotatable bonds is 1. The second-order valence-corrected chi connectivity index (χ2v) is 3.87. The predicted octanol–water partition coefficient (Wildman–Crippen LogP) is 1.20. The van der Waals surface area contributed by atoms with Gasteiger partial charge in [-0.1, -0.05) is 0 Å². The summed E-state index contributed by atoms with van der Waals surface area (Å²) in [7, 11) is -3.95. The monoisotopic (exact) mass is 208 g/mol. The predicted molar refractivity (Wildman–Crippen MR) is 45.9 cm³/mol. The van der Waals surface area contributed by atoms with Crippen molar-refractivity contribution in [2.24, 2.45) is 0 Å². The van der Waals surface area contributed by atoms with Gasteiger partial charge in [-0.05, 0) is 18.4 Å². The smallest absolute Gasteiger partial charge is 0.295 e. The van der Waals surface area contributed by atoms with E-state index >= 15 is 0 Å². The molecule has 0 bridgehead atoms. The fraction of sp³-hybridized carbons (Fsp3) is 0.167. The van der Waals surface area contributed by atoms with E-state index in [1.807, 2.05) is 0 Å². The van der Waals surface area contributed by atoms with Crippen LogP contribution in [0.4, 0.5) is 0 Å². The largest absolute Gasteiger partial charge is 0.304 e. The Balaban J connectivity index is 0.000000354. The molecule has 1 heterocycles. The molecular formula is C6H8O4S2. The highest BCUT2D eigenvalue weighted by molar-refractivity contribution is 7.86. The summed E-state index contributed by atoms with van der Waals surface area (Å²) in [6.07, 6.45) is 0.750. The van der Waals surface area contributed by atoms with Gasteiger partial charge in [-0.3, -0.25) is 4.55 Å². The van der Waals surface area contributed by atoms with Crippen molar-refractivity contribution >= 4 is 27.7 Å². The minimum Gasteiger partial charge on any atom is -0.304 e. The SMILES string of the molecule is CC=O.O=S(=O)(O)c1ccsc1. The van der Waals surface area contributed by atoms with E-state index < -0.39 is 10.1 Å². The van der Waals surface area contributed by atoms with E-state index in [1.54, 1.807) is 5.38 Å². The first-order chi connectivity index (χ1) is 5.52. The van der Waals surface area contributed by atoms with Gasteiger partial charge in [-0.25, -0.2) is 0 Å². The molecule has 1 aromatic rings. The van der Waals surface area contributed by atoms with Crippen LogP contribution in [0, 0.1) is 0 Å². The van der Waals surface area contributed by atoms with Crippen molar-refractivity contribution in [1.29, 1.82) is 0 Å².